The highest BCUT2D eigenvalue weighted by Crippen LogP contribution is 2.34. The number of piperazine rings is 1. The predicted molar refractivity (Wildman–Crippen MR) is 123 cm³/mol. The molecule has 1 aliphatic heterocycles. The predicted octanol–water partition coefficient (Wildman–Crippen LogP) is 2.99. The highest BCUT2D eigenvalue weighted by Gasteiger charge is 2.31. The van der Waals surface area contributed by atoms with Gasteiger partial charge in [0.05, 0.1) is 12.1 Å². The summed E-state index contributed by atoms with van der Waals surface area (Å²) in [6.45, 7) is 2.66. The standard InChI is InChI=1S/C24H22ClFN2O6/c1-13(23(30)28-8-7-27-20(12-28)24(31)32-2)33-15-4-6-17-18(11-22(29)34-21(17)10-15)16-5-3-14(26)9-19(16)25/h3-6,9-11,13,20,27H,7-8,12H2,1-2H3/t13-,20+/m1/s1. The molecule has 0 spiro atoms. The molecule has 178 valence electrons. The van der Waals surface area contributed by atoms with Gasteiger partial charge in [-0.15, -0.1) is 0 Å². The molecule has 2 aromatic carbocycles. The van der Waals surface area contributed by atoms with Crippen LogP contribution in [0.25, 0.3) is 22.1 Å². The van der Waals surface area contributed by atoms with E-state index in [4.69, 9.17) is 25.5 Å². The smallest absolute Gasteiger partial charge is 0.336 e. The second kappa shape index (κ2) is 9.82. The Balaban J connectivity index is 1.57. The Bertz CT molecular complexity index is 1310. The Morgan fingerprint density at radius 3 is 2.74 bits per heavy atom. The zero-order valence-corrected chi connectivity index (χ0v) is 19.2. The van der Waals surface area contributed by atoms with Crippen molar-refractivity contribution in [3.63, 3.8) is 0 Å². The topological polar surface area (TPSA) is 98.1 Å². The summed E-state index contributed by atoms with van der Waals surface area (Å²) in [6.07, 6.45) is -0.852. The number of benzene rings is 2. The van der Waals surface area contributed by atoms with Gasteiger partial charge in [-0.3, -0.25) is 9.59 Å². The maximum atomic E-state index is 13.5. The van der Waals surface area contributed by atoms with Gasteiger partial charge < -0.3 is 24.1 Å². The third-order valence-electron chi connectivity index (χ3n) is 5.57. The first-order valence-corrected chi connectivity index (χ1v) is 10.9. The molecule has 3 aromatic rings. The van der Waals surface area contributed by atoms with Crippen molar-refractivity contribution in [3.8, 4) is 16.9 Å². The number of carbonyl (C=O) groups excluding carboxylic acids is 2. The van der Waals surface area contributed by atoms with E-state index in [1.54, 1.807) is 24.0 Å². The van der Waals surface area contributed by atoms with Gasteiger partial charge in [-0.1, -0.05) is 11.6 Å². The molecule has 0 aliphatic carbocycles. The van der Waals surface area contributed by atoms with Gasteiger partial charge in [0.25, 0.3) is 5.91 Å². The van der Waals surface area contributed by atoms with Crippen molar-refractivity contribution in [2.24, 2.45) is 0 Å². The highest BCUT2D eigenvalue weighted by atomic mass is 35.5. The molecule has 2 atom stereocenters. The van der Waals surface area contributed by atoms with Crippen LogP contribution in [-0.4, -0.2) is 55.7 Å². The van der Waals surface area contributed by atoms with Gasteiger partial charge in [-0.05, 0) is 37.3 Å². The normalized spacial score (nSPS) is 16.8. The van der Waals surface area contributed by atoms with Crippen molar-refractivity contribution in [2.75, 3.05) is 26.7 Å². The summed E-state index contributed by atoms with van der Waals surface area (Å²) in [6, 6.07) is 9.44. The molecule has 1 aliphatic rings. The average Bonchev–Trinajstić information content (AvgIpc) is 2.82. The number of nitrogens with one attached hydrogen (secondary N) is 1. The van der Waals surface area contributed by atoms with Gasteiger partial charge in [0, 0.05) is 48.3 Å². The first kappa shape index (κ1) is 23.7. The van der Waals surface area contributed by atoms with Crippen LogP contribution in [0.5, 0.6) is 5.75 Å². The summed E-state index contributed by atoms with van der Waals surface area (Å²) in [4.78, 5) is 38.4. The minimum absolute atomic E-state index is 0.160. The Morgan fingerprint density at radius 1 is 1.21 bits per heavy atom. The fourth-order valence-electron chi connectivity index (χ4n) is 3.91. The average molecular weight is 489 g/mol. The van der Waals surface area contributed by atoms with E-state index in [0.717, 1.165) is 0 Å². The number of esters is 1. The Kier molecular flexibility index (Phi) is 6.85. The summed E-state index contributed by atoms with van der Waals surface area (Å²) >= 11 is 6.19. The van der Waals surface area contributed by atoms with Crippen LogP contribution in [0.2, 0.25) is 5.02 Å². The molecular weight excluding hydrogens is 467 g/mol. The van der Waals surface area contributed by atoms with Crippen molar-refractivity contribution in [2.45, 2.75) is 19.1 Å². The maximum absolute atomic E-state index is 13.5. The van der Waals surface area contributed by atoms with Crippen molar-refractivity contribution < 1.29 is 27.9 Å². The number of methoxy groups -OCH3 is 1. The van der Waals surface area contributed by atoms with Crippen LogP contribution in [0, 0.1) is 5.82 Å². The molecule has 0 saturated carbocycles. The second-order valence-corrected chi connectivity index (χ2v) is 8.24. The van der Waals surface area contributed by atoms with Crippen LogP contribution in [0.1, 0.15) is 6.92 Å². The van der Waals surface area contributed by atoms with E-state index in [-0.39, 0.29) is 23.1 Å². The number of hydrogen-bond acceptors (Lipinski definition) is 7. The number of carbonyl (C=O) groups is 2. The zero-order valence-electron chi connectivity index (χ0n) is 18.5. The summed E-state index contributed by atoms with van der Waals surface area (Å²) in [5.74, 6) is -0.896. The molecule has 4 rings (SSSR count). The van der Waals surface area contributed by atoms with Gasteiger partial charge in [-0.25, -0.2) is 9.18 Å². The molecule has 1 fully saturated rings. The Hall–Kier alpha value is -3.43. The molecule has 0 radical (unpaired) electrons. The lowest BCUT2D eigenvalue weighted by Gasteiger charge is -2.33. The lowest BCUT2D eigenvalue weighted by atomic mass is 10.0. The molecule has 34 heavy (non-hydrogen) atoms. The first-order valence-electron chi connectivity index (χ1n) is 10.6. The fourth-order valence-corrected chi connectivity index (χ4v) is 4.18. The lowest BCUT2D eigenvalue weighted by Crippen LogP contribution is -2.57. The van der Waals surface area contributed by atoms with E-state index < -0.39 is 29.6 Å². The zero-order chi connectivity index (χ0) is 24.4. The van der Waals surface area contributed by atoms with Gasteiger partial charge in [0.2, 0.25) is 0 Å². The SMILES string of the molecule is COC(=O)[C@@H]1CN(C(=O)[C@@H](C)Oc2ccc3c(-c4ccc(F)cc4Cl)cc(=O)oc3c2)CCN1. The molecule has 0 bridgehead atoms. The summed E-state index contributed by atoms with van der Waals surface area (Å²) in [5.41, 5.74) is 0.588. The van der Waals surface area contributed by atoms with E-state index >= 15 is 0 Å². The quantitative estimate of drug-likeness (QED) is 0.435. The molecule has 1 N–H and O–H groups in total. The molecule has 10 heteroatoms. The van der Waals surface area contributed by atoms with E-state index in [1.165, 1.54) is 37.4 Å². The molecule has 8 nitrogen and oxygen atoms in total. The van der Waals surface area contributed by atoms with Crippen molar-refractivity contribution in [1.29, 1.82) is 0 Å². The van der Waals surface area contributed by atoms with E-state index in [9.17, 15) is 18.8 Å². The van der Waals surface area contributed by atoms with Gasteiger partial charge in [-0.2, -0.15) is 0 Å². The molecule has 2 heterocycles. The number of fused-ring (bicyclic) bond motifs is 1. The van der Waals surface area contributed by atoms with Crippen LogP contribution < -0.4 is 15.7 Å². The highest BCUT2D eigenvalue weighted by molar-refractivity contribution is 6.33. The van der Waals surface area contributed by atoms with Gasteiger partial charge >= 0.3 is 11.6 Å². The molecule has 1 aromatic heterocycles. The van der Waals surface area contributed by atoms with E-state index in [2.05, 4.69) is 5.32 Å². The molecule has 1 saturated heterocycles. The van der Waals surface area contributed by atoms with Gasteiger partial charge in [0.15, 0.2) is 6.10 Å². The van der Waals surface area contributed by atoms with Crippen LogP contribution in [0.4, 0.5) is 4.39 Å². The van der Waals surface area contributed by atoms with Crippen molar-refractivity contribution >= 4 is 34.4 Å². The molecule has 0 unspecified atom stereocenters. The Labute approximate surface area is 199 Å². The summed E-state index contributed by atoms with van der Waals surface area (Å²) < 4.78 is 29.4. The van der Waals surface area contributed by atoms with Crippen LogP contribution >= 0.6 is 11.6 Å². The summed E-state index contributed by atoms with van der Waals surface area (Å²) in [7, 11) is 1.30. The number of hydrogen-bond donors (Lipinski definition) is 1. The number of nitrogens with zero attached hydrogens (tertiary/aromatic N) is 1. The van der Waals surface area contributed by atoms with Crippen LogP contribution in [-0.2, 0) is 14.3 Å². The monoisotopic (exact) mass is 488 g/mol. The minimum Gasteiger partial charge on any atom is -0.481 e. The van der Waals surface area contributed by atoms with Gasteiger partial charge in [0.1, 0.15) is 23.2 Å². The number of halogens is 2. The van der Waals surface area contributed by atoms with Crippen molar-refractivity contribution in [3.05, 3.63) is 63.7 Å². The van der Waals surface area contributed by atoms with Crippen molar-refractivity contribution in [1.82, 2.24) is 10.2 Å². The van der Waals surface area contributed by atoms with Crippen LogP contribution in [0.3, 0.4) is 0 Å². The second-order valence-electron chi connectivity index (χ2n) is 7.84. The maximum Gasteiger partial charge on any atom is 0.336 e. The third kappa shape index (κ3) is 4.90. The first-order chi connectivity index (χ1) is 16.3. The largest absolute Gasteiger partial charge is 0.481 e. The molecule has 1 amide bonds. The third-order valence-corrected chi connectivity index (χ3v) is 5.88. The Morgan fingerprint density at radius 2 is 2.00 bits per heavy atom. The molecular formula is C24H22ClFN2O6. The van der Waals surface area contributed by atoms with E-state index in [0.29, 0.717) is 35.4 Å². The van der Waals surface area contributed by atoms with Crippen LogP contribution in [0.15, 0.2) is 51.7 Å². The fraction of sp³-hybridized carbons (Fsp3) is 0.292. The number of amides is 1. The number of ether oxygens (including phenoxy) is 2. The lowest BCUT2D eigenvalue weighted by molar-refractivity contribution is -0.147. The number of rotatable bonds is 5. The minimum atomic E-state index is -0.852. The van der Waals surface area contributed by atoms with E-state index in [1.807, 2.05) is 0 Å². The summed E-state index contributed by atoms with van der Waals surface area (Å²) in [5, 5.41) is 3.74.